The minimum atomic E-state index is 0.206. The van der Waals surface area contributed by atoms with Crippen molar-refractivity contribution in [2.75, 3.05) is 24.2 Å². The van der Waals surface area contributed by atoms with Gasteiger partial charge in [0.2, 0.25) is 5.95 Å². The van der Waals surface area contributed by atoms with Gasteiger partial charge in [-0.2, -0.15) is 4.98 Å². The Morgan fingerprint density at radius 3 is 2.93 bits per heavy atom. The maximum absolute atomic E-state index is 8.58. The number of rotatable bonds is 6. The number of anilines is 2. The first-order valence-corrected chi connectivity index (χ1v) is 5.24. The van der Waals surface area contributed by atoms with Gasteiger partial charge in [0.05, 0.1) is 6.20 Å². The summed E-state index contributed by atoms with van der Waals surface area (Å²) in [6.07, 6.45) is 4.23. The first kappa shape index (κ1) is 12.0. The average Bonchev–Trinajstić information content (AvgIpc) is 2.23. The Hall–Kier alpha value is -1.07. The van der Waals surface area contributed by atoms with Crippen LogP contribution in [0.1, 0.15) is 19.3 Å². The van der Waals surface area contributed by atoms with E-state index in [2.05, 4.69) is 15.3 Å². The molecule has 0 unspecified atom stereocenters. The fraction of sp³-hybridized carbons (Fsp3) is 0.556. The predicted octanol–water partition coefficient (Wildman–Crippen LogP) is 1.29. The first-order chi connectivity index (χ1) is 7.24. The van der Waals surface area contributed by atoms with E-state index < -0.39 is 0 Å². The molecule has 0 saturated heterocycles. The summed E-state index contributed by atoms with van der Waals surface area (Å²) in [6.45, 7) is 0.997. The standard InChI is InChI=1S/C9H15ClN4O/c10-7-6-13-9(11)14-8(7)12-4-2-1-3-5-15/h6,15H,1-5H2,(H3,11,12,13,14). The van der Waals surface area contributed by atoms with E-state index >= 15 is 0 Å². The Balaban J connectivity index is 2.33. The second-order valence-electron chi connectivity index (χ2n) is 3.14. The zero-order valence-electron chi connectivity index (χ0n) is 8.41. The lowest BCUT2D eigenvalue weighted by atomic mass is 10.2. The van der Waals surface area contributed by atoms with Gasteiger partial charge in [0.25, 0.3) is 0 Å². The summed E-state index contributed by atoms with van der Waals surface area (Å²) in [7, 11) is 0. The molecular weight excluding hydrogens is 216 g/mol. The number of nitrogens with zero attached hydrogens (tertiary/aromatic N) is 2. The molecule has 0 aliphatic heterocycles. The van der Waals surface area contributed by atoms with Crippen LogP contribution in [0.3, 0.4) is 0 Å². The molecule has 1 aromatic heterocycles. The normalized spacial score (nSPS) is 10.3. The number of hydrogen-bond acceptors (Lipinski definition) is 5. The minimum absolute atomic E-state index is 0.206. The summed E-state index contributed by atoms with van der Waals surface area (Å²) >= 11 is 5.85. The van der Waals surface area contributed by atoms with Crippen molar-refractivity contribution in [1.82, 2.24) is 9.97 Å². The Kier molecular flexibility index (Phi) is 5.14. The highest BCUT2D eigenvalue weighted by Gasteiger charge is 2.02. The van der Waals surface area contributed by atoms with Gasteiger partial charge in [0.1, 0.15) is 10.8 Å². The molecule has 4 N–H and O–H groups in total. The van der Waals surface area contributed by atoms with Crippen LogP contribution in [0.15, 0.2) is 6.20 Å². The van der Waals surface area contributed by atoms with Crippen LogP contribution >= 0.6 is 11.6 Å². The van der Waals surface area contributed by atoms with E-state index in [4.69, 9.17) is 22.4 Å². The molecule has 1 aromatic rings. The lowest BCUT2D eigenvalue weighted by Crippen LogP contribution is -2.06. The number of halogens is 1. The van der Waals surface area contributed by atoms with Crippen molar-refractivity contribution < 1.29 is 5.11 Å². The van der Waals surface area contributed by atoms with Gasteiger partial charge in [-0.05, 0) is 19.3 Å². The van der Waals surface area contributed by atoms with E-state index in [1.807, 2.05) is 0 Å². The van der Waals surface area contributed by atoms with Crippen LogP contribution in [0.4, 0.5) is 11.8 Å². The van der Waals surface area contributed by atoms with Crippen LogP contribution in [-0.4, -0.2) is 28.2 Å². The highest BCUT2D eigenvalue weighted by molar-refractivity contribution is 6.32. The van der Waals surface area contributed by atoms with Gasteiger partial charge in [-0.25, -0.2) is 4.98 Å². The van der Waals surface area contributed by atoms with Crippen LogP contribution in [0.25, 0.3) is 0 Å². The van der Waals surface area contributed by atoms with Crippen molar-refractivity contribution in [2.24, 2.45) is 0 Å². The summed E-state index contributed by atoms with van der Waals surface area (Å²) in [5, 5.41) is 12.1. The smallest absolute Gasteiger partial charge is 0.222 e. The molecule has 0 amide bonds. The number of aromatic nitrogens is 2. The summed E-state index contributed by atoms with van der Waals surface area (Å²) in [5.41, 5.74) is 5.43. The Labute approximate surface area is 93.7 Å². The van der Waals surface area contributed by atoms with E-state index in [-0.39, 0.29) is 12.6 Å². The average molecular weight is 231 g/mol. The van der Waals surface area contributed by atoms with Crippen LogP contribution in [-0.2, 0) is 0 Å². The summed E-state index contributed by atoms with van der Waals surface area (Å²) in [4.78, 5) is 7.72. The zero-order chi connectivity index (χ0) is 11.1. The molecule has 0 radical (unpaired) electrons. The molecule has 0 aromatic carbocycles. The van der Waals surface area contributed by atoms with E-state index in [1.54, 1.807) is 0 Å². The van der Waals surface area contributed by atoms with E-state index in [0.717, 1.165) is 25.8 Å². The lowest BCUT2D eigenvalue weighted by Gasteiger charge is -2.06. The van der Waals surface area contributed by atoms with Crippen LogP contribution in [0.5, 0.6) is 0 Å². The zero-order valence-corrected chi connectivity index (χ0v) is 9.17. The van der Waals surface area contributed by atoms with E-state index in [1.165, 1.54) is 6.20 Å². The highest BCUT2D eigenvalue weighted by Crippen LogP contribution is 2.18. The molecule has 1 rings (SSSR count). The molecule has 84 valence electrons. The predicted molar refractivity (Wildman–Crippen MR) is 60.9 cm³/mol. The van der Waals surface area contributed by atoms with Crippen molar-refractivity contribution in [1.29, 1.82) is 0 Å². The minimum Gasteiger partial charge on any atom is -0.396 e. The van der Waals surface area contributed by atoms with Gasteiger partial charge in [0, 0.05) is 13.2 Å². The second-order valence-corrected chi connectivity index (χ2v) is 3.54. The molecule has 0 atom stereocenters. The van der Waals surface area contributed by atoms with Crippen molar-refractivity contribution in [3.05, 3.63) is 11.2 Å². The van der Waals surface area contributed by atoms with Crippen molar-refractivity contribution >= 4 is 23.4 Å². The topological polar surface area (TPSA) is 84.1 Å². The Bertz CT molecular complexity index is 308. The Morgan fingerprint density at radius 1 is 1.40 bits per heavy atom. The SMILES string of the molecule is Nc1ncc(Cl)c(NCCCCCO)n1. The van der Waals surface area contributed by atoms with Gasteiger partial charge in [-0.3, -0.25) is 0 Å². The monoisotopic (exact) mass is 230 g/mol. The molecular formula is C9H15ClN4O. The molecule has 0 aliphatic rings. The quantitative estimate of drug-likeness (QED) is 0.642. The maximum atomic E-state index is 8.58. The van der Waals surface area contributed by atoms with Gasteiger partial charge in [-0.15, -0.1) is 0 Å². The molecule has 0 aliphatic carbocycles. The molecule has 0 spiro atoms. The number of nitrogens with one attached hydrogen (secondary N) is 1. The largest absolute Gasteiger partial charge is 0.396 e. The molecule has 6 heteroatoms. The van der Waals surface area contributed by atoms with Gasteiger partial charge in [-0.1, -0.05) is 11.6 Å². The van der Waals surface area contributed by atoms with E-state index in [0.29, 0.717) is 10.8 Å². The maximum Gasteiger partial charge on any atom is 0.222 e. The summed E-state index contributed by atoms with van der Waals surface area (Å²) in [6, 6.07) is 0. The Morgan fingerprint density at radius 2 is 2.20 bits per heavy atom. The molecule has 1 heterocycles. The molecule has 5 nitrogen and oxygen atoms in total. The second kappa shape index (κ2) is 6.42. The van der Waals surface area contributed by atoms with Crippen LogP contribution in [0.2, 0.25) is 5.02 Å². The highest BCUT2D eigenvalue weighted by atomic mass is 35.5. The molecule has 0 fully saturated rings. The number of hydrogen-bond donors (Lipinski definition) is 3. The fourth-order valence-electron chi connectivity index (χ4n) is 1.13. The first-order valence-electron chi connectivity index (χ1n) is 4.87. The summed E-state index contributed by atoms with van der Waals surface area (Å²) in [5.74, 6) is 0.769. The van der Waals surface area contributed by atoms with Crippen LogP contribution < -0.4 is 11.1 Å². The van der Waals surface area contributed by atoms with Crippen LogP contribution in [0, 0.1) is 0 Å². The number of aliphatic hydroxyl groups excluding tert-OH is 1. The third-order valence-corrected chi connectivity index (χ3v) is 2.17. The number of unbranched alkanes of at least 4 members (excludes halogenated alkanes) is 2. The number of aliphatic hydroxyl groups is 1. The number of nitrogen functional groups attached to an aromatic ring is 1. The van der Waals surface area contributed by atoms with Crippen molar-refractivity contribution in [3.8, 4) is 0 Å². The van der Waals surface area contributed by atoms with E-state index in [9.17, 15) is 0 Å². The summed E-state index contributed by atoms with van der Waals surface area (Å²) < 4.78 is 0. The van der Waals surface area contributed by atoms with Crippen molar-refractivity contribution in [2.45, 2.75) is 19.3 Å². The third kappa shape index (κ3) is 4.31. The third-order valence-electron chi connectivity index (χ3n) is 1.89. The van der Waals surface area contributed by atoms with Gasteiger partial charge in [0.15, 0.2) is 0 Å². The van der Waals surface area contributed by atoms with Gasteiger partial charge >= 0.3 is 0 Å². The van der Waals surface area contributed by atoms with Crippen molar-refractivity contribution in [3.63, 3.8) is 0 Å². The van der Waals surface area contributed by atoms with Gasteiger partial charge < -0.3 is 16.2 Å². The molecule has 0 bridgehead atoms. The lowest BCUT2D eigenvalue weighted by molar-refractivity contribution is 0.283. The molecule has 15 heavy (non-hydrogen) atoms. The molecule has 0 saturated carbocycles. The number of nitrogens with two attached hydrogens (primary N) is 1. The fourth-order valence-corrected chi connectivity index (χ4v) is 1.28.